The van der Waals surface area contributed by atoms with Crippen LogP contribution in [-0.2, 0) is 11.3 Å². The molecule has 0 saturated carbocycles. The minimum Gasteiger partial charge on any atom is -0.324 e. The van der Waals surface area contributed by atoms with E-state index in [-0.39, 0.29) is 11.7 Å². The highest BCUT2D eigenvalue weighted by Crippen LogP contribution is 2.27. The molecule has 0 atom stereocenters. The summed E-state index contributed by atoms with van der Waals surface area (Å²) in [6.07, 6.45) is 1.80. The van der Waals surface area contributed by atoms with E-state index in [1.54, 1.807) is 6.08 Å². The average Bonchev–Trinajstić information content (AvgIpc) is 3.08. The number of anilines is 1. The monoisotopic (exact) mass is 456 g/mol. The maximum atomic E-state index is 12.4. The Morgan fingerprint density at radius 2 is 1.93 bits per heavy atom. The first kappa shape index (κ1) is 20.4. The molecule has 1 N–H and O–H groups in total. The van der Waals surface area contributed by atoms with Crippen molar-refractivity contribution in [3.05, 3.63) is 70.7 Å². The first-order valence-electron chi connectivity index (χ1n) is 8.78. The van der Waals surface area contributed by atoms with Gasteiger partial charge in [-0.1, -0.05) is 48.2 Å². The van der Waals surface area contributed by atoms with Gasteiger partial charge in [0, 0.05) is 16.6 Å². The van der Waals surface area contributed by atoms with E-state index in [9.17, 15) is 4.79 Å². The average molecular weight is 457 g/mol. The standard InChI is InChI=1S/C21H21BrN4OS/c1-4-10-26-20(16-8-6-5-7-9-16)24-25-21(26)28-13-19(27)23-18-12-15(3)14(2)11-17(18)22/h4-9,11-12H,1,10,13H2,2-3H3,(H,23,27). The van der Waals surface area contributed by atoms with Crippen LogP contribution in [0.5, 0.6) is 0 Å². The number of carbonyl (C=O) groups excluding carboxylic acids is 1. The maximum Gasteiger partial charge on any atom is 0.234 e. The number of aromatic nitrogens is 3. The minimum absolute atomic E-state index is 0.0941. The molecule has 0 bridgehead atoms. The van der Waals surface area contributed by atoms with Crippen LogP contribution in [0.4, 0.5) is 5.69 Å². The number of thioether (sulfide) groups is 1. The molecule has 144 valence electrons. The fourth-order valence-corrected chi connectivity index (χ4v) is 3.99. The molecule has 0 saturated heterocycles. The third kappa shape index (κ3) is 4.72. The Balaban J connectivity index is 1.72. The summed E-state index contributed by atoms with van der Waals surface area (Å²) < 4.78 is 2.84. The first-order valence-corrected chi connectivity index (χ1v) is 10.6. The van der Waals surface area contributed by atoms with Gasteiger partial charge in [0.2, 0.25) is 5.91 Å². The molecule has 1 aromatic heterocycles. The zero-order valence-electron chi connectivity index (χ0n) is 15.8. The van der Waals surface area contributed by atoms with E-state index in [4.69, 9.17) is 0 Å². The maximum absolute atomic E-state index is 12.4. The van der Waals surface area contributed by atoms with Gasteiger partial charge in [-0.3, -0.25) is 9.36 Å². The highest BCUT2D eigenvalue weighted by Gasteiger charge is 2.15. The molecule has 0 fully saturated rings. The summed E-state index contributed by atoms with van der Waals surface area (Å²) in [5.74, 6) is 0.910. The summed E-state index contributed by atoms with van der Waals surface area (Å²) >= 11 is 4.87. The molecular formula is C21H21BrN4OS. The number of rotatable bonds is 7. The summed E-state index contributed by atoms with van der Waals surface area (Å²) in [6.45, 7) is 8.45. The number of hydrogen-bond donors (Lipinski definition) is 1. The van der Waals surface area contributed by atoms with Crippen LogP contribution in [0, 0.1) is 13.8 Å². The minimum atomic E-state index is -0.0941. The van der Waals surface area contributed by atoms with Crippen molar-refractivity contribution < 1.29 is 4.79 Å². The van der Waals surface area contributed by atoms with Crippen molar-refractivity contribution in [2.45, 2.75) is 25.5 Å². The lowest BCUT2D eigenvalue weighted by atomic mass is 10.1. The molecule has 0 aliphatic heterocycles. The van der Waals surface area contributed by atoms with Gasteiger partial charge in [0.25, 0.3) is 0 Å². The van der Waals surface area contributed by atoms with Crippen LogP contribution in [0.25, 0.3) is 11.4 Å². The summed E-state index contributed by atoms with van der Waals surface area (Å²) in [6, 6.07) is 13.8. The van der Waals surface area contributed by atoms with E-state index in [2.05, 4.69) is 38.0 Å². The number of amides is 1. The molecule has 2 aromatic carbocycles. The lowest BCUT2D eigenvalue weighted by Gasteiger charge is -2.11. The van der Waals surface area contributed by atoms with Gasteiger partial charge >= 0.3 is 0 Å². The van der Waals surface area contributed by atoms with Crippen molar-refractivity contribution in [2.24, 2.45) is 0 Å². The third-order valence-corrected chi connectivity index (χ3v) is 5.87. The van der Waals surface area contributed by atoms with Crippen molar-refractivity contribution >= 4 is 39.3 Å². The number of nitrogens with zero attached hydrogens (tertiary/aromatic N) is 3. The predicted octanol–water partition coefficient (Wildman–Crippen LogP) is 5.24. The molecule has 0 radical (unpaired) electrons. The molecule has 3 rings (SSSR count). The van der Waals surface area contributed by atoms with Gasteiger partial charge in [-0.05, 0) is 53.0 Å². The molecule has 28 heavy (non-hydrogen) atoms. The van der Waals surface area contributed by atoms with E-state index < -0.39 is 0 Å². The molecular weight excluding hydrogens is 436 g/mol. The summed E-state index contributed by atoms with van der Waals surface area (Å²) in [7, 11) is 0. The highest BCUT2D eigenvalue weighted by molar-refractivity contribution is 9.10. The van der Waals surface area contributed by atoms with Crippen LogP contribution >= 0.6 is 27.7 Å². The Labute approximate surface area is 177 Å². The lowest BCUT2D eigenvalue weighted by Crippen LogP contribution is -2.15. The molecule has 0 aliphatic rings. The Morgan fingerprint density at radius 3 is 2.64 bits per heavy atom. The highest BCUT2D eigenvalue weighted by atomic mass is 79.9. The van der Waals surface area contributed by atoms with E-state index in [1.807, 2.05) is 60.9 Å². The van der Waals surface area contributed by atoms with Gasteiger partial charge in [0.1, 0.15) is 0 Å². The number of carbonyl (C=O) groups is 1. The van der Waals surface area contributed by atoms with E-state index in [0.29, 0.717) is 11.7 Å². The SMILES string of the molecule is C=CCn1c(SCC(=O)Nc2cc(C)c(C)cc2Br)nnc1-c1ccccc1. The largest absolute Gasteiger partial charge is 0.324 e. The van der Waals surface area contributed by atoms with E-state index in [0.717, 1.165) is 27.1 Å². The quantitative estimate of drug-likeness (QED) is 0.389. The summed E-state index contributed by atoms with van der Waals surface area (Å²) in [5, 5.41) is 12.2. The van der Waals surface area contributed by atoms with E-state index >= 15 is 0 Å². The predicted molar refractivity (Wildman–Crippen MR) is 119 cm³/mol. The number of hydrogen-bond acceptors (Lipinski definition) is 4. The molecule has 3 aromatic rings. The van der Waals surface area contributed by atoms with E-state index in [1.165, 1.54) is 17.3 Å². The molecule has 0 spiro atoms. The topological polar surface area (TPSA) is 59.8 Å². The van der Waals surface area contributed by atoms with Crippen molar-refractivity contribution in [3.8, 4) is 11.4 Å². The van der Waals surface area contributed by atoms with Crippen molar-refractivity contribution in [1.82, 2.24) is 14.8 Å². The number of nitrogens with one attached hydrogen (secondary N) is 1. The number of allylic oxidation sites excluding steroid dienone is 1. The smallest absolute Gasteiger partial charge is 0.234 e. The van der Waals surface area contributed by atoms with Crippen LogP contribution in [0.1, 0.15) is 11.1 Å². The normalized spacial score (nSPS) is 10.7. The first-order chi connectivity index (χ1) is 13.5. The fraction of sp³-hybridized carbons (Fsp3) is 0.190. The van der Waals surface area contributed by atoms with Gasteiger partial charge in [-0.2, -0.15) is 0 Å². The molecule has 1 amide bonds. The zero-order valence-corrected chi connectivity index (χ0v) is 18.2. The van der Waals surface area contributed by atoms with Gasteiger partial charge in [-0.25, -0.2) is 0 Å². The Hall–Kier alpha value is -2.38. The van der Waals surface area contributed by atoms with Gasteiger partial charge < -0.3 is 5.32 Å². The van der Waals surface area contributed by atoms with Crippen LogP contribution in [-0.4, -0.2) is 26.4 Å². The molecule has 5 nitrogen and oxygen atoms in total. The van der Waals surface area contributed by atoms with Gasteiger partial charge in [0.15, 0.2) is 11.0 Å². The van der Waals surface area contributed by atoms with Gasteiger partial charge in [0.05, 0.1) is 11.4 Å². The molecule has 0 unspecified atom stereocenters. The van der Waals surface area contributed by atoms with Crippen molar-refractivity contribution in [2.75, 3.05) is 11.1 Å². The van der Waals surface area contributed by atoms with Gasteiger partial charge in [-0.15, -0.1) is 16.8 Å². The number of halogens is 1. The fourth-order valence-electron chi connectivity index (χ4n) is 2.68. The molecule has 7 heteroatoms. The zero-order chi connectivity index (χ0) is 20.1. The Morgan fingerprint density at radius 1 is 1.21 bits per heavy atom. The molecule has 1 heterocycles. The lowest BCUT2D eigenvalue weighted by molar-refractivity contribution is -0.113. The summed E-state index contributed by atoms with van der Waals surface area (Å²) in [5.41, 5.74) is 4.05. The number of aryl methyl sites for hydroxylation is 2. The second-order valence-corrected chi connectivity index (χ2v) is 8.12. The summed E-state index contributed by atoms with van der Waals surface area (Å²) in [4.78, 5) is 12.4. The van der Waals surface area contributed by atoms with Crippen LogP contribution in [0.3, 0.4) is 0 Å². The number of benzene rings is 2. The second kappa shape index (κ2) is 9.21. The van der Waals surface area contributed by atoms with Crippen LogP contribution in [0.15, 0.2) is 64.7 Å². The third-order valence-electron chi connectivity index (χ3n) is 4.25. The van der Waals surface area contributed by atoms with Crippen molar-refractivity contribution in [1.29, 1.82) is 0 Å². The Kier molecular flexibility index (Phi) is 6.70. The van der Waals surface area contributed by atoms with Crippen LogP contribution < -0.4 is 5.32 Å². The Bertz CT molecular complexity index is 1000. The second-order valence-electron chi connectivity index (χ2n) is 6.32. The molecule has 0 aliphatic carbocycles. The van der Waals surface area contributed by atoms with Crippen LogP contribution in [0.2, 0.25) is 0 Å². The van der Waals surface area contributed by atoms with Crippen molar-refractivity contribution in [3.63, 3.8) is 0 Å².